The summed E-state index contributed by atoms with van der Waals surface area (Å²) in [5, 5.41) is 2.80. The summed E-state index contributed by atoms with van der Waals surface area (Å²) in [7, 11) is -2.32. The highest BCUT2D eigenvalue weighted by atomic mass is 32.2. The van der Waals surface area contributed by atoms with E-state index in [0.29, 0.717) is 18.8 Å². The van der Waals surface area contributed by atoms with E-state index >= 15 is 0 Å². The number of carbonyl (C=O) groups is 2. The van der Waals surface area contributed by atoms with Crippen LogP contribution in [0.4, 0.5) is 11.4 Å². The van der Waals surface area contributed by atoms with Crippen LogP contribution < -0.4 is 15.0 Å². The summed E-state index contributed by atoms with van der Waals surface area (Å²) in [6, 6.07) is 12.2. The summed E-state index contributed by atoms with van der Waals surface area (Å²) in [6.07, 6.45) is 2.77. The number of piperidine rings is 1. The molecule has 1 N–H and O–H groups in total. The average Bonchev–Trinajstić information content (AvgIpc) is 3.22. The van der Waals surface area contributed by atoms with Gasteiger partial charge in [0.15, 0.2) is 0 Å². The molecule has 2 heterocycles. The first-order chi connectivity index (χ1) is 15.8. The van der Waals surface area contributed by atoms with Crippen LogP contribution in [0.1, 0.15) is 31.2 Å². The van der Waals surface area contributed by atoms with Crippen molar-refractivity contribution in [3.05, 3.63) is 48.0 Å². The predicted octanol–water partition coefficient (Wildman–Crippen LogP) is 3.17. The van der Waals surface area contributed by atoms with Crippen LogP contribution in [-0.4, -0.2) is 51.3 Å². The minimum absolute atomic E-state index is 0.0356. The monoisotopic (exact) mass is 471 g/mol. The molecular weight excluding hydrogens is 442 g/mol. The largest absolute Gasteiger partial charge is 0.495 e. The first kappa shape index (κ1) is 23.3. The van der Waals surface area contributed by atoms with Crippen molar-refractivity contribution in [2.45, 2.75) is 37.5 Å². The van der Waals surface area contributed by atoms with E-state index in [1.54, 1.807) is 17.0 Å². The molecule has 0 bridgehead atoms. The molecule has 2 fully saturated rings. The smallest absolute Gasteiger partial charge is 0.246 e. The van der Waals surface area contributed by atoms with E-state index < -0.39 is 15.9 Å². The number of hydrogen-bond acceptors (Lipinski definition) is 5. The van der Waals surface area contributed by atoms with E-state index in [4.69, 9.17) is 4.74 Å². The SMILES string of the molecule is COc1ccc(NC(=O)[C@H]2CC(=O)N(c3ccc(C)cc3)C2)cc1S(=O)(=O)N1CCCCC1. The second-order valence-corrected chi connectivity index (χ2v) is 10.5. The van der Waals surface area contributed by atoms with Crippen molar-refractivity contribution in [1.82, 2.24) is 4.31 Å². The number of methoxy groups -OCH3 is 1. The van der Waals surface area contributed by atoms with Crippen LogP contribution in [-0.2, 0) is 19.6 Å². The number of sulfonamides is 1. The predicted molar refractivity (Wildman–Crippen MR) is 126 cm³/mol. The zero-order valence-electron chi connectivity index (χ0n) is 18.9. The Morgan fingerprint density at radius 3 is 2.42 bits per heavy atom. The zero-order valence-corrected chi connectivity index (χ0v) is 19.7. The Hall–Kier alpha value is -2.91. The maximum atomic E-state index is 13.2. The van der Waals surface area contributed by atoms with Crippen molar-refractivity contribution >= 4 is 33.2 Å². The van der Waals surface area contributed by atoms with Gasteiger partial charge in [-0.25, -0.2) is 8.42 Å². The van der Waals surface area contributed by atoms with Gasteiger partial charge in [-0.2, -0.15) is 4.31 Å². The van der Waals surface area contributed by atoms with Gasteiger partial charge in [-0.1, -0.05) is 24.1 Å². The van der Waals surface area contributed by atoms with Gasteiger partial charge in [0.05, 0.1) is 13.0 Å². The number of rotatable bonds is 6. The highest BCUT2D eigenvalue weighted by Gasteiger charge is 2.35. The van der Waals surface area contributed by atoms with Gasteiger partial charge in [-0.3, -0.25) is 9.59 Å². The molecule has 2 saturated heterocycles. The summed E-state index contributed by atoms with van der Waals surface area (Å²) >= 11 is 0. The van der Waals surface area contributed by atoms with E-state index in [1.165, 1.54) is 17.5 Å². The molecule has 0 radical (unpaired) electrons. The summed E-state index contributed by atoms with van der Waals surface area (Å²) in [6.45, 7) is 3.20. The molecule has 0 aromatic heterocycles. The minimum atomic E-state index is -3.74. The van der Waals surface area contributed by atoms with Crippen molar-refractivity contribution in [1.29, 1.82) is 0 Å². The van der Waals surface area contributed by atoms with E-state index in [1.807, 2.05) is 31.2 Å². The van der Waals surface area contributed by atoms with Crippen molar-refractivity contribution in [3.63, 3.8) is 0 Å². The Morgan fingerprint density at radius 2 is 1.76 bits per heavy atom. The summed E-state index contributed by atoms with van der Waals surface area (Å²) in [5.41, 5.74) is 2.22. The van der Waals surface area contributed by atoms with Gasteiger partial charge < -0.3 is 15.0 Å². The summed E-state index contributed by atoms with van der Waals surface area (Å²) in [4.78, 5) is 27.1. The van der Waals surface area contributed by atoms with Crippen LogP contribution in [0.5, 0.6) is 5.75 Å². The lowest BCUT2D eigenvalue weighted by atomic mass is 10.1. The number of ether oxygens (including phenoxy) is 1. The van der Waals surface area contributed by atoms with Gasteiger partial charge in [-0.15, -0.1) is 0 Å². The topological polar surface area (TPSA) is 96.0 Å². The number of anilines is 2. The molecule has 1 atom stereocenters. The van der Waals surface area contributed by atoms with Crippen molar-refractivity contribution in [2.24, 2.45) is 5.92 Å². The number of carbonyl (C=O) groups excluding carboxylic acids is 2. The molecule has 0 saturated carbocycles. The van der Waals surface area contributed by atoms with Gasteiger partial charge in [0.1, 0.15) is 10.6 Å². The fourth-order valence-corrected chi connectivity index (χ4v) is 6.00. The Balaban J connectivity index is 1.51. The van der Waals surface area contributed by atoms with E-state index in [-0.39, 0.29) is 35.4 Å². The summed E-state index contributed by atoms with van der Waals surface area (Å²) in [5.74, 6) is -0.713. The molecule has 8 nitrogen and oxygen atoms in total. The Kier molecular flexibility index (Phi) is 6.71. The molecule has 176 valence electrons. The quantitative estimate of drug-likeness (QED) is 0.698. The maximum absolute atomic E-state index is 13.2. The number of nitrogens with zero attached hydrogens (tertiary/aromatic N) is 2. The van der Waals surface area contributed by atoms with Crippen molar-refractivity contribution in [3.8, 4) is 5.75 Å². The number of nitrogens with one attached hydrogen (secondary N) is 1. The van der Waals surface area contributed by atoms with Crippen molar-refractivity contribution in [2.75, 3.05) is 37.0 Å². The van der Waals surface area contributed by atoms with Gasteiger partial charge >= 0.3 is 0 Å². The molecule has 2 aliphatic heterocycles. The number of aryl methyl sites for hydroxylation is 1. The van der Waals surface area contributed by atoms with E-state index in [9.17, 15) is 18.0 Å². The molecule has 2 amide bonds. The number of amides is 2. The third-order valence-corrected chi connectivity index (χ3v) is 8.13. The van der Waals surface area contributed by atoms with Crippen LogP contribution in [0.2, 0.25) is 0 Å². The molecule has 4 rings (SSSR count). The Bertz CT molecular complexity index is 1140. The summed E-state index contributed by atoms with van der Waals surface area (Å²) < 4.78 is 33.2. The molecule has 2 aliphatic rings. The highest BCUT2D eigenvalue weighted by molar-refractivity contribution is 7.89. The molecule has 0 spiro atoms. The second kappa shape index (κ2) is 9.52. The number of benzene rings is 2. The molecule has 2 aromatic rings. The van der Waals surface area contributed by atoms with Gasteiger partial charge in [0.25, 0.3) is 0 Å². The molecule has 2 aromatic carbocycles. The lowest BCUT2D eigenvalue weighted by Crippen LogP contribution is -2.35. The third kappa shape index (κ3) is 4.89. The molecular formula is C24H29N3O5S. The van der Waals surface area contributed by atoms with Crippen LogP contribution in [0.3, 0.4) is 0 Å². The second-order valence-electron chi connectivity index (χ2n) is 8.56. The zero-order chi connectivity index (χ0) is 23.6. The van der Waals surface area contributed by atoms with Crippen LogP contribution in [0.25, 0.3) is 0 Å². The molecule has 0 unspecified atom stereocenters. The fraction of sp³-hybridized carbons (Fsp3) is 0.417. The number of hydrogen-bond donors (Lipinski definition) is 1. The minimum Gasteiger partial charge on any atom is -0.495 e. The Labute approximate surface area is 194 Å². The third-order valence-electron chi connectivity index (χ3n) is 6.21. The van der Waals surface area contributed by atoms with Crippen LogP contribution >= 0.6 is 0 Å². The highest BCUT2D eigenvalue weighted by Crippen LogP contribution is 2.32. The first-order valence-corrected chi connectivity index (χ1v) is 12.6. The van der Waals surface area contributed by atoms with Crippen LogP contribution in [0.15, 0.2) is 47.4 Å². The first-order valence-electron chi connectivity index (χ1n) is 11.2. The van der Waals surface area contributed by atoms with Crippen LogP contribution in [0, 0.1) is 12.8 Å². The average molecular weight is 472 g/mol. The fourth-order valence-electron chi connectivity index (χ4n) is 4.30. The lowest BCUT2D eigenvalue weighted by Gasteiger charge is -2.26. The molecule has 33 heavy (non-hydrogen) atoms. The van der Waals surface area contributed by atoms with E-state index in [2.05, 4.69) is 5.32 Å². The van der Waals surface area contributed by atoms with Crippen molar-refractivity contribution < 1.29 is 22.7 Å². The van der Waals surface area contributed by atoms with Gasteiger partial charge in [-0.05, 0) is 50.1 Å². The standard InChI is InChI=1S/C24H29N3O5S/c1-17-6-9-20(10-7-17)27-16-18(14-23(27)28)24(29)25-19-8-11-21(32-2)22(15-19)33(30,31)26-12-4-3-5-13-26/h6-11,15,18H,3-5,12-14,16H2,1-2H3,(H,25,29)/t18-/m0/s1. The van der Waals surface area contributed by atoms with E-state index in [0.717, 1.165) is 30.5 Å². The normalized spacial score (nSPS) is 19.5. The van der Waals surface area contributed by atoms with Gasteiger partial charge in [0, 0.05) is 37.4 Å². The maximum Gasteiger partial charge on any atom is 0.246 e. The molecule has 9 heteroatoms. The lowest BCUT2D eigenvalue weighted by molar-refractivity contribution is -0.122. The Morgan fingerprint density at radius 1 is 1.06 bits per heavy atom. The molecule has 0 aliphatic carbocycles. The van der Waals surface area contributed by atoms with Gasteiger partial charge in [0.2, 0.25) is 21.8 Å².